The van der Waals surface area contributed by atoms with E-state index in [1.165, 1.54) is 43.6 Å². The quantitative estimate of drug-likeness (QED) is 0.210. The van der Waals surface area contributed by atoms with Gasteiger partial charge >= 0.3 is 41.8 Å². The third-order valence-electron chi connectivity index (χ3n) is 10.3. The maximum Gasteiger partial charge on any atom is 0.340 e. The zero-order chi connectivity index (χ0) is 44.0. The first-order chi connectivity index (χ1) is 27.5. The van der Waals surface area contributed by atoms with Crippen LogP contribution in [-0.2, 0) is 57.1 Å². The molecule has 2 aliphatic carbocycles. The summed E-state index contributed by atoms with van der Waals surface area (Å²) in [5.41, 5.74) is -5.96. The zero-order valence-corrected chi connectivity index (χ0v) is 34.5. The zero-order valence-electron chi connectivity index (χ0n) is 34.5. The number of carbonyl (C=O) groups excluding carboxylic acids is 7. The maximum absolute atomic E-state index is 13.9. The molecule has 1 fully saturated rings. The van der Waals surface area contributed by atoms with Crippen molar-refractivity contribution in [1.82, 2.24) is 4.98 Å². The molecule has 1 aromatic carbocycles. The second-order valence-corrected chi connectivity index (χ2v) is 15.6. The second kappa shape index (κ2) is 18.4. The molecule has 0 amide bonds. The van der Waals surface area contributed by atoms with E-state index in [4.69, 9.17) is 33.2 Å². The first-order valence-electron chi connectivity index (χ1n) is 18.9. The van der Waals surface area contributed by atoms with Gasteiger partial charge in [-0.2, -0.15) is 0 Å². The highest BCUT2D eigenvalue weighted by Gasteiger charge is 2.70. The summed E-state index contributed by atoms with van der Waals surface area (Å²) < 4.78 is 41.7. The minimum Gasteiger partial charge on any atom is -0.459 e. The number of esters is 7. The molecule has 1 heterocycles. The van der Waals surface area contributed by atoms with E-state index in [1.807, 2.05) is 0 Å². The highest BCUT2D eigenvalue weighted by molar-refractivity contribution is 5.90. The minimum absolute atomic E-state index is 0.0211. The smallest absolute Gasteiger partial charge is 0.340 e. The highest BCUT2D eigenvalue weighted by atomic mass is 16.6. The molecule has 16 nitrogen and oxygen atoms in total. The molecule has 16 heteroatoms. The topological polar surface area (TPSA) is 217 Å². The molecular formula is C43H51NO15. The molecule has 0 aliphatic heterocycles. The molecule has 1 aromatic heterocycles. The lowest BCUT2D eigenvalue weighted by Crippen LogP contribution is -2.60. The number of nitrogens with zero attached hydrogens (tertiary/aromatic N) is 1. The summed E-state index contributed by atoms with van der Waals surface area (Å²) >= 11 is 0. The first kappa shape index (κ1) is 45.8. The molecule has 0 spiro atoms. The van der Waals surface area contributed by atoms with Crippen molar-refractivity contribution in [3.05, 3.63) is 90.3 Å². The van der Waals surface area contributed by atoms with Crippen LogP contribution >= 0.6 is 0 Å². The van der Waals surface area contributed by atoms with Gasteiger partial charge in [0.2, 0.25) is 0 Å². The molecule has 4 rings (SSSR count). The number of ether oxygens (including phenoxy) is 7. The standard InChI is InChI=1S/C43H51NO15/c1-23-18-19-41(8,9)38(58-40(51)31-17-14-20-44-21-31)35(55-27(5)47)34(54-26(4)46)24(2)33(53-25(3)45)32-37(57-39(50)30-15-12-11-13-16-30)42(10,59-29(7)49)22-43(32,52)36(23)56-28(6)48/h11-21,23,32-38,52H,2,22H2,1,3-10H3/b19-18+/t23-,32-,33-,34-,35+,36-,37+,38+,42+,43+/m0/s1. The summed E-state index contributed by atoms with van der Waals surface area (Å²) in [5.74, 6) is -9.04. The van der Waals surface area contributed by atoms with Gasteiger partial charge in [-0.15, -0.1) is 0 Å². The number of aliphatic hydroxyl groups is 1. The van der Waals surface area contributed by atoms with Crippen LogP contribution in [0, 0.1) is 17.3 Å². The van der Waals surface area contributed by atoms with Crippen LogP contribution in [0.5, 0.6) is 0 Å². The van der Waals surface area contributed by atoms with Crippen molar-refractivity contribution < 1.29 is 71.8 Å². The van der Waals surface area contributed by atoms with Gasteiger partial charge in [-0.05, 0) is 31.2 Å². The summed E-state index contributed by atoms with van der Waals surface area (Å²) in [6.07, 6.45) is -4.99. The van der Waals surface area contributed by atoms with Gasteiger partial charge in [0.25, 0.3) is 0 Å². The second-order valence-electron chi connectivity index (χ2n) is 15.6. The Labute approximate surface area is 342 Å². The van der Waals surface area contributed by atoms with E-state index >= 15 is 0 Å². The largest absolute Gasteiger partial charge is 0.459 e. The molecule has 1 saturated carbocycles. The van der Waals surface area contributed by atoms with Gasteiger partial charge in [-0.1, -0.05) is 57.7 Å². The van der Waals surface area contributed by atoms with Crippen molar-refractivity contribution in [2.24, 2.45) is 17.3 Å². The lowest BCUT2D eigenvalue weighted by atomic mass is 9.71. The summed E-state index contributed by atoms with van der Waals surface area (Å²) in [6.45, 7) is 15.8. The lowest BCUT2D eigenvalue weighted by Gasteiger charge is -2.46. The van der Waals surface area contributed by atoms with Crippen molar-refractivity contribution in [3.63, 3.8) is 0 Å². The molecular weight excluding hydrogens is 770 g/mol. The van der Waals surface area contributed by atoms with Gasteiger partial charge in [0.05, 0.1) is 17.0 Å². The van der Waals surface area contributed by atoms with Crippen LogP contribution in [0.2, 0.25) is 0 Å². The fourth-order valence-corrected chi connectivity index (χ4v) is 7.99. The molecule has 2 aromatic rings. The summed E-state index contributed by atoms with van der Waals surface area (Å²) in [5, 5.41) is 13.3. The first-order valence-corrected chi connectivity index (χ1v) is 18.9. The van der Waals surface area contributed by atoms with Gasteiger partial charge in [0.1, 0.15) is 23.4 Å². The average Bonchev–Trinajstić information content (AvgIpc) is 3.36. The predicted octanol–water partition coefficient (Wildman–Crippen LogP) is 4.42. The van der Waals surface area contributed by atoms with E-state index in [-0.39, 0.29) is 16.7 Å². The lowest BCUT2D eigenvalue weighted by molar-refractivity contribution is -0.195. The van der Waals surface area contributed by atoms with Gasteiger partial charge in [-0.3, -0.25) is 29.0 Å². The van der Waals surface area contributed by atoms with Gasteiger partial charge in [0.15, 0.2) is 24.4 Å². The third-order valence-corrected chi connectivity index (χ3v) is 10.3. The van der Waals surface area contributed by atoms with Crippen LogP contribution in [0.3, 0.4) is 0 Å². The molecule has 0 unspecified atom stereocenters. The Morgan fingerprint density at radius 1 is 0.678 bits per heavy atom. The van der Waals surface area contributed by atoms with Gasteiger partial charge in [0, 0.05) is 70.3 Å². The number of aromatic nitrogens is 1. The summed E-state index contributed by atoms with van der Waals surface area (Å²) in [4.78, 5) is 96.6. The fraction of sp³-hybridized carbons (Fsp3) is 0.488. The number of fused-ring (bicyclic) bond motifs is 1. The monoisotopic (exact) mass is 821 g/mol. The molecule has 2 aliphatic rings. The molecule has 1 N–H and O–H groups in total. The Balaban J connectivity index is 2.13. The van der Waals surface area contributed by atoms with Crippen LogP contribution in [0.1, 0.15) is 89.5 Å². The van der Waals surface area contributed by atoms with Crippen molar-refractivity contribution >= 4 is 41.8 Å². The van der Waals surface area contributed by atoms with Crippen molar-refractivity contribution in [2.45, 2.75) is 117 Å². The van der Waals surface area contributed by atoms with Crippen LogP contribution in [-0.4, -0.2) is 99.7 Å². The normalized spacial score (nSPS) is 30.7. The highest BCUT2D eigenvalue weighted by Crippen LogP contribution is 2.54. The van der Waals surface area contributed by atoms with E-state index in [0.29, 0.717) is 0 Å². The molecule has 0 radical (unpaired) electrons. The Bertz CT molecular complexity index is 1960. The van der Waals surface area contributed by atoms with Gasteiger partial charge < -0.3 is 38.3 Å². The van der Waals surface area contributed by atoms with E-state index in [9.17, 15) is 38.7 Å². The molecule has 0 saturated heterocycles. The fourth-order valence-electron chi connectivity index (χ4n) is 7.99. The predicted molar refractivity (Wildman–Crippen MR) is 206 cm³/mol. The van der Waals surface area contributed by atoms with E-state index in [1.54, 1.807) is 51.1 Å². The summed E-state index contributed by atoms with van der Waals surface area (Å²) in [7, 11) is 0. The van der Waals surface area contributed by atoms with Crippen LogP contribution in [0.15, 0.2) is 79.2 Å². The van der Waals surface area contributed by atoms with Crippen LogP contribution in [0.4, 0.5) is 0 Å². The van der Waals surface area contributed by atoms with E-state index in [0.717, 1.165) is 34.6 Å². The Kier molecular flexibility index (Phi) is 14.2. The molecule has 0 bridgehead atoms. The van der Waals surface area contributed by atoms with Crippen LogP contribution < -0.4 is 0 Å². The number of hydrogen-bond acceptors (Lipinski definition) is 16. The summed E-state index contributed by atoms with van der Waals surface area (Å²) in [6, 6.07) is 10.7. The number of rotatable bonds is 9. The number of benzene rings is 1. The Morgan fingerprint density at radius 2 is 1.22 bits per heavy atom. The van der Waals surface area contributed by atoms with Crippen molar-refractivity contribution in [3.8, 4) is 0 Å². The van der Waals surface area contributed by atoms with E-state index in [2.05, 4.69) is 11.6 Å². The van der Waals surface area contributed by atoms with Gasteiger partial charge in [-0.25, -0.2) is 9.59 Å². The number of carbonyl (C=O) groups is 7. The number of pyridine rings is 1. The Morgan fingerprint density at radius 3 is 1.76 bits per heavy atom. The third kappa shape index (κ3) is 10.6. The molecule has 59 heavy (non-hydrogen) atoms. The minimum atomic E-state index is -2.42. The van der Waals surface area contributed by atoms with Crippen molar-refractivity contribution in [2.75, 3.05) is 0 Å². The Hall–Kier alpha value is -5.90. The molecule has 10 atom stereocenters. The van der Waals surface area contributed by atoms with Crippen molar-refractivity contribution in [1.29, 1.82) is 0 Å². The molecule has 318 valence electrons. The van der Waals surface area contributed by atoms with E-state index < -0.39 is 113 Å². The average molecular weight is 822 g/mol. The van der Waals surface area contributed by atoms with Crippen LogP contribution in [0.25, 0.3) is 0 Å². The maximum atomic E-state index is 13.9. The number of hydrogen-bond donors (Lipinski definition) is 1. The SMILES string of the molecule is C=C1[C@H](OC(C)=O)[C@@H](OC(C)=O)[C@@H](OC(=O)c2cccnc2)C(C)(C)/C=C/[C@H](C)[C@H](OC(C)=O)[C@@]2(O)C[C@@](C)(OC(C)=O)[C@H](OC(=O)c3ccccc3)[C@@H]2[C@H]1OC(C)=O.